The third-order valence-corrected chi connectivity index (χ3v) is 3.73. The number of rotatable bonds is 9. The molecule has 2 aromatic carbocycles. The smallest absolute Gasteiger partial charge is 0.339 e. The summed E-state index contributed by atoms with van der Waals surface area (Å²) in [5.41, 5.74) is 1.49. The second kappa shape index (κ2) is 8.96. The van der Waals surface area contributed by atoms with E-state index in [4.69, 9.17) is 14.6 Å². The highest BCUT2D eigenvalue weighted by atomic mass is 16.5. The fraction of sp³-hybridized carbons (Fsp3) is 0.350. The quantitative estimate of drug-likeness (QED) is 0.675. The van der Waals surface area contributed by atoms with E-state index in [0.29, 0.717) is 24.9 Å². The molecule has 0 unspecified atom stereocenters. The molecule has 0 atom stereocenters. The molecule has 0 saturated heterocycles. The number of hydrogen-bond donors (Lipinski definition) is 1. The molecule has 0 heterocycles. The van der Waals surface area contributed by atoms with E-state index in [0.717, 1.165) is 18.6 Å². The average Bonchev–Trinajstić information content (AvgIpc) is 2.58. The Morgan fingerprint density at radius 3 is 2.21 bits per heavy atom. The molecule has 0 spiro atoms. The van der Waals surface area contributed by atoms with Crippen molar-refractivity contribution in [3.8, 4) is 11.5 Å². The van der Waals surface area contributed by atoms with Gasteiger partial charge in [0.25, 0.3) is 0 Å². The molecule has 0 aliphatic heterocycles. The van der Waals surface area contributed by atoms with Crippen LogP contribution in [0.3, 0.4) is 0 Å². The highest BCUT2D eigenvalue weighted by Crippen LogP contribution is 2.19. The molecule has 2 rings (SSSR count). The van der Waals surface area contributed by atoms with Crippen molar-refractivity contribution in [3.63, 3.8) is 0 Å². The van der Waals surface area contributed by atoms with Crippen molar-refractivity contribution >= 4 is 5.97 Å². The lowest BCUT2D eigenvalue weighted by atomic mass is 10.0. The Balaban J connectivity index is 1.68. The normalized spacial score (nSPS) is 10.6. The summed E-state index contributed by atoms with van der Waals surface area (Å²) in [7, 11) is 0. The lowest BCUT2D eigenvalue weighted by Crippen LogP contribution is -2.06. The summed E-state index contributed by atoms with van der Waals surface area (Å²) in [5, 5.41) is 9.09. The predicted molar refractivity (Wildman–Crippen MR) is 94.2 cm³/mol. The molecular formula is C20H24O4. The van der Waals surface area contributed by atoms with Crippen molar-refractivity contribution in [2.75, 3.05) is 13.2 Å². The van der Waals surface area contributed by atoms with Crippen molar-refractivity contribution in [1.82, 2.24) is 0 Å². The number of carboxylic acid groups (broad SMARTS) is 1. The Morgan fingerprint density at radius 2 is 1.58 bits per heavy atom. The highest BCUT2D eigenvalue weighted by Gasteiger charge is 2.09. The van der Waals surface area contributed by atoms with E-state index in [1.807, 2.05) is 12.1 Å². The Morgan fingerprint density at radius 1 is 0.958 bits per heavy atom. The first-order valence-electron chi connectivity index (χ1n) is 8.26. The molecule has 0 aliphatic rings. The van der Waals surface area contributed by atoms with Crippen molar-refractivity contribution in [1.29, 1.82) is 0 Å². The summed E-state index contributed by atoms with van der Waals surface area (Å²) in [6.07, 6.45) is 1.65. The maximum atomic E-state index is 11.1. The fourth-order valence-electron chi connectivity index (χ4n) is 2.29. The topological polar surface area (TPSA) is 55.8 Å². The van der Waals surface area contributed by atoms with Crippen molar-refractivity contribution < 1.29 is 19.4 Å². The average molecular weight is 328 g/mol. The molecule has 24 heavy (non-hydrogen) atoms. The molecule has 0 radical (unpaired) electrons. The second-order valence-electron chi connectivity index (χ2n) is 5.93. The van der Waals surface area contributed by atoms with Crippen LogP contribution < -0.4 is 9.47 Å². The van der Waals surface area contributed by atoms with Crippen LogP contribution in [0.5, 0.6) is 11.5 Å². The van der Waals surface area contributed by atoms with Crippen LogP contribution in [0.4, 0.5) is 0 Å². The minimum Gasteiger partial charge on any atom is -0.494 e. The van der Waals surface area contributed by atoms with E-state index in [2.05, 4.69) is 26.0 Å². The van der Waals surface area contributed by atoms with Gasteiger partial charge in [0.05, 0.1) is 13.2 Å². The van der Waals surface area contributed by atoms with Gasteiger partial charge in [-0.15, -0.1) is 0 Å². The lowest BCUT2D eigenvalue weighted by molar-refractivity contribution is 0.0692. The Hall–Kier alpha value is -2.49. The number of aromatic carboxylic acids is 1. The van der Waals surface area contributed by atoms with E-state index in [1.165, 1.54) is 5.56 Å². The van der Waals surface area contributed by atoms with E-state index in [-0.39, 0.29) is 5.56 Å². The summed E-state index contributed by atoms with van der Waals surface area (Å²) in [4.78, 5) is 11.1. The zero-order valence-electron chi connectivity index (χ0n) is 14.2. The predicted octanol–water partition coefficient (Wildman–Crippen LogP) is 4.75. The van der Waals surface area contributed by atoms with Crippen LogP contribution >= 0.6 is 0 Å². The van der Waals surface area contributed by atoms with Gasteiger partial charge in [-0.2, -0.15) is 0 Å². The van der Waals surface area contributed by atoms with Gasteiger partial charge in [-0.1, -0.05) is 38.1 Å². The first kappa shape index (κ1) is 17.9. The van der Waals surface area contributed by atoms with Gasteiger partial charge in [0.15, 0.2) is 0 Å². The van der Waals surface area contributed by atoms with Gasteiger partial charge in [0.2, 0.25) is 0 Å². The second-order valence-corrected chi connectivity index (χ2v) is 5.93. The zero-order chi connectivity index (χ0) is 17.4. The van der Waals surface area contributed by atoms with E-state index in [9.17, 15) is 4.79 Å². The number of para-hydroxylation sites is 1. The number of benzene rings is 2. The van der Waals surface area contributed by atoms with Gasteiger partial charge >= 0.3 is 5.97 Å². The van der Waals surface area contributed by atoms with Gasteiger partial charge in [0.1, 0.15) is 17.1 Å². The standard InChI is InChI=1S/C20H24O4/c1-15(2)16-9-11-17(12-10-16)23-13-5-6-14-24-19-8-4-3-7-18(19)20(21)22/h3-4,7-12,15H,5-6,13-14H2,1-2H3,(H,21,22). The van der Waals surface area contributed by atoms with Crippen LogP contribution in [-0.4, -0.2) is 24.3 Å². The molecule has 0 aliphatic carbocycles. The van der Waals surface area contributed by atoms with Crippen LogP contribution in [-0.2, 0) is 0 Å². The summed E-state index contributed by atoms with van der Waals surface area (Å²) in [6, 6.07) is 14.8. The number of ether oxygens (including phenoxy) is 2. The minimum absolute atomic E-state index is 0.194. The molecule has 0 fully saturated rings. The van der Waals surface area contributed by atoms with Crippen LogP contribution in [0.15, 0.2) is 48.5 Å². The first-order chi connectivity index (χ1) is 11.6. The number of unbranched alkanes of at least 4 members (excludes halogenated alkanes) is 1. The van der Waals surface area contributed by atoms with Gasteiger partial charge in [-0.25, -0.2) is 4.79 Å². The molecule has 2 aromatic rings. The Bertz CT molecular complexity index is 647. The van der Waals surface area contributed by atoms with Crippen LogP contribution in [0, 0.1) is 0 Å². The Labute approximate surface area is 143 Å². The SMILES string of the molecule is CC(C)c1ccc(OCCCCOc2ccccc2C(=O)O)cc1. The highest BCUT2D eigenvalue weighted by molar-refractivity contribution is 5.90. The molecule has 128 valence electrons. The van der Waals surface area contributed by atoms with E-state index < -0.39 is 5.97 Å². The summed E-state index contributed by atoms with van der Waals surface area (Å²) in [6.45, 7) is 5.42. The van der Waals surface area contributed by atoms with Crippen molar-refractivity contribution in [3.05, 3.63) is 59.7 Å². The Kier molecular flexibility index (Phi) is 6.67. The summed E-state index contributed by atoms with van der Waals surface area (Å²) in [5.74, 6) is 0.829. The van der Waals surface area contributed by atoms with Crippen molar-refractivity contribution in [2.24, 2.45) is 0 Å². The van der Waals surface area contributed by atoms with E-state index in [1.54, 1.807) is 24.3 Å². The summed E-state index contributed by atoms with van der Waals surface area (Å²) < 4.78 is 11.3. The van der Waals surface area contributed by atoms with Gasteiger partial charge < -0.3 is 14.6 Å². The van der Waals surface area contributed by atoms with E-state index >= 15 is 0 Å². The lowest BCUT2D eigenvalue weighted by Gasteiger charge is -2.10. The number of carbonyl (C=O) groups is 1. The molecule has 0 bridgehead atoms. The third kappa shape index (κ3) is 5.30. The zero-order valence-corrected chi connectivity index (χ0v) is 14.2. The maximum Gasteiger partial charge on any atom is 0.339 e. The van der Waals surface area contributed by atoms with Crippen LogP contribution in [0.1, 0.15) is 48.5 Å². The molecule has 0 aromatic heterocycles. The summed E-state index contributed by atoms with van der Waals surface area (Å²) >= 11 is 0. The monoisotopic (exact) mass is 328 g/mol. The van der Waals surface area contributed by atoms with Gasteiger partial charge in [-0.05, 0) is 48.6 Å². The largest absolute Gasteiger partial charge is 0.494 e. The number of hydrogen-bond acceptors (Lipinski definition) is 3. The minimum atomic E-state index is -0.973. The first-order valence-corrected chi connectivity index (χ1v) is 8.26. The molecule has 4 nitrogen and oxygen atoms in total. The molecule has 0 amide bonds. The van der Waals surface area contributed by atoms with Gasteiger partial charge in [-0.3, -0.25) is 0 Å². The van der Waals surface area contributed by atoms with Crippen LogP contribution in [0.25, 0.3) is 0 Å². The van der Waals surface area contributed by atoms with Crippen LogP contribution in [0.2, 0.25) is 0 Å². The molecule has 4 heteroatoms. The molecular weight excluding hydrogens is 304 g/mol. The maximum absolute atomic E-state index is 11.1. The van der Waals surface area contributed by atoms with Gasteiger partial charge in [0, 0.05) is 0 Å². The molecule has 1 N–H and O–H groups in total. The number of carboxylic acids is 1. The molecule has 0 saturated carbocycles. The van der Waals surface area contributed by atoms with Crippen molar-refractivity contribution in [2.45, 2.75) is 32.6 Å². The third-order valence-electron chi connectivity index (χ3n) is 3.73. The fourth-order valence-corrected chi connectivity index (χ4v) is 2.29.